The molecule has 0 heterocycles. The van der Waals surface area contributed by atoms with Gasteiger partial charge in [-0.05, 0) is 54.7 Å². The monoisotopic (exact) mass is 212 g/mol. The zero-order chi connectivity index (χ0) is 11.7. The Balaban J connectivity index is 2.59. The van der Waals surface area contributed by atoms with Gasteiger partial charge in [-0.2, -0.15) is 0 Å². The van der Waals surface area contributed by atoms with Crippen LogP contribution in [0.1, 0.15) is 16.7 Å². The smallest absolute Gasteiger partial charge is 0.119 e. The first-order valence-electron chi connectivity index (χ1n) is 5.46. The van der Waals surface area contributed by atoms with Crippen molar-refractivity contribution in [3.63, 3.8) is 0 Å². The predicted molar refractivity (Wildman–Crippen MR) is 67.8 cm³/mol. The number of hydrogen-bond acceptors (Lipinski definition) is 1. The van der Waals surface area contributed by atoms with Crippen LogP contribution in [-0.2, 0) is 0 Å². The molecule has 2 aromatic carbocycles. The normalized spacial score (nSPS) is 10.4. The highest BCUT2D eigenvalue weighted by Crippen LogP contribution is 2.29. The quantitative estimate of drug-likeness (QED) is 0.758. The zero-order valence-corrected chi connectivity index (χ0v) is 9.91. The van der Waals surface area contributed by atoms with Crippen molar-refractivity contribution in [2.45, 2.75) is 20.8 Å². The van der Waals surface area contributed by atoms with E-state index in [-0.39, 0.29) is 0 Å². The van der Waals surface area contributed by atoms with E-state index in [4.69, 9.17) is 0 Å². The Bertz CT molecular complexity index is 527. The van der Waals surface area contributed by atoms with Crippen molar-refractivity contribution in [2.75, 3.05) is 0 Å². The summed E-state index contributed by atoms with van der Waals surface area (Å²) in [6.07, 6.45) is 0. The molecule has 0 radical (unpaired) electrons. The summed E-state index contributed by atoms with van der Waals surface area (Å²) in [6.45, 7) is 6.12. The lowest BCUT2D eigenvalue weighted by Gasteiger charge is -2.09. The Labute approximate surface area is 96.4 Å². The molecule has 1 heteroatoms. The van der Waals surface area contributed by atoms with Crippen LogP contribution in [-0.4, -0.2) is 5.11 Å². The second kappa shape index (κ2) is 4.01. The fraction of sp³-hybridized carbons (Fsp3) is 0.200. The maximum atomic E-state index is 9.72. The van der Waals surface area contributed by atoms with Crippen molar-refractivity contribution >= 4 is 0 Å². The summed E-state index contributed by atoms with van der Waals surface area (Å²) < 4.78 is 0. The van der Waals surface area contributed by atoms with Crippen LogP contribution in [0.3, 0.4) is 0 Å². The number of phenolic OH excluding ortho intramolecular Hbond substituents is 1. The predicted octanol–water partition coefficient (Wildman–Crippen LogP) is 3.98. The molecular weight excluding hydrogens is 196 g/mol. The topological polar surface area (TPSA) is 20.2 Å². The molecule has 0 saturated heterocycles. The van der Waals surface area contributed by atoms with Gasteiger partial charge >= 0.3 is 0 Å². The lowest BCUT2D eigenvalue weighted by Crippen LogP contribution is -1.87. The van der Waals surface area contributed by atoms with Crippen molar-refractivity contribution < 1.29 is 5.11 Å². The molecule has 0 atom stereocenters. The third-order valence-electron chi connectivity index (χ3n) is 3.12. The third-order valence-corrected chi connectivity index (χ3v) is 3.12. The van der Waals surface area contributed by atoms with E-state index in [2.05, 4.69) is 38.1 Å². The second-order valence-electron chi connectivity index (χ2n) is 4.25. The second-order valence-corrected chi connectivity index (χ2v) is 4.25. The van der Waals surface area contributed by atoms with Gasteiger partial charge in [-0.25, -0.2) is 0 Å². The Morgan fingerprint density at radius 1 is 0.875 bits per heavy atom. The number of hydrogen-bond donors (Lipinski definition) is 1. The summed E-state index contributed by atoms with van der Waals surface area (Å²) in [6, 6.07) is 12.1. The van der Waals surface area contributed by atoms with Gasteiger partial charge in [0.25, 0.3) is 0 Å². The molecule has 0 fully saturated rings. The van der Waals surface area contributed by atoms with E-state index < -0.39 is 0 Å². The maximum absolute atomic E-state index is 9.72. The molecule has 2 aromatic rings. The fourth-order valence-electron chi connectivity index (χ4n) is 1.84. The van der Waals surface area contributed by atoms with Crippen LogP contribution in [0.25, 0.3) is 11.1 Å². The van der Waals surface area contributed by atoms with Crippen LogP contribution in [0.2, 0.25) is 0 Å². The van der Waals surface area contributed by atoms with Crippen LogP contribution in [0, 0.1) is 20.8 Å². The van der Waals surface area contributed by atoms with E-state index >= 15 is 0 Å². The largest absolute Gasteiger partial charge is 0.508 e. The summed E-state index contributed by atoms with van der Waals surface area (Å²) in [5.74, 6) is 0.360. The van der Waals surface area contributed by atoms with E-state index in [0.29, 0.717) is 5.75 Å². The highest BCUT2D eigenvalue weighted by atomic mass is 16.3. The number of aromatic hydroxyl groups is 1. The van der Waals surface area contributed by atoms with E-state index in [1.54, 1.807) is 0 Å². The summed E-state index contributed by atoms with van der Waals surface area (Å²) in [5, 5.41) is 9.72. The van der Waals surface area contributed by atoms with Gasteiger partial charge in [-0.1, -0.05) is 30.3 Å². The van der Waals surface area contributed by atoms with Gasteiger partial charge in [0.1, 0.15) is 5.75 Å². The van der Waals surface area contributed by atoms with E-state index in [9.17, 15) is 5.11 Å². The van der Waals surface area contributed by atoms with Crippen LogP contribution in [0.5, 0.6) is 5.75 Å². The number of benzene rings is 2. The first kappa shape index (κ1) is 10.7. The molecule has 1 N–H and O–H groups in total. The Morgan fingerprint density at radius 2 is 1.62 bits per heavy atom. The first-order chi connectivity index (χ1) is 7.59. The van der Waals surface area contributed by atoms with E-state index in [1.165, 1.54) is 16.7 Å². The van der Waals surface area contributed by atoms with Crippen molar-refractivity contribution in [1.29, 1.82) is 0 Å². The highest BCUT2D eigenvalue weighted by Gasteiger charge is 2.05. The van der Waals surface area contributed by atoms with Gasteiger partial charge < -0.3 is 5.11 Å². The molecular formula is C15H16O. The van der Waals surface area contributed by atoms with E-state index in [0.717, 1.165) is 11.1 Å². The molecule has 0 aliphatic carbocycles. The lowest BCUT2D eigenvalue weighted by atomic mass is 9.96. The van der Waals surface area contributed by atoms with Crippen LogP contribution in [0.15, 0.2) is 36.4 Å². The summed E-state index contributed by atoms with van der Waals surface area (Å²) in [4.78, 5) is 0. The van der Waals surface area contributed by atoms with Gasteiger partial charge in [0.05, 0.1) is 0 Å². The third kappa shape index (κ3) is 1.81. The van der Waals surface area contributed by atoms with Gasteiger partial charge in [0.2, 0.25) is 0 Å². The Morgan fingerprint density at radius 3 is 2.31 bits per heavy atom. The average Bonchev–Trinajstić information content (AvgIpc) is 2.26. The number of phenols is 1. The molecule has 0 bridgehead atoms. The summed E-state index contributed by atoms with van der Waals surface area (Å²) in [7, 11) is 0. The van der Waals surface area contributed by atoms with Crippen LogP contribution < -0.4 is 0 Å². The maximum Gasteiger partial charge on any atom is 0.119 e. The molecule has 0 aromatic heterocycles. The summed E-state index contributed by atoms with van der Waals surface area (Å²) >= 11 is 0. The van der Waals surface area contributed by atoms with Crippen molar-refractivity contribution in [1.82, 2.24) is 0 Å². The Kier molecular flexibility index (Phi) is 2.69. The highest BCUT2D eigenvalue weighted by molar-refractivity contribution is 5.70. The Hall–Kier alpha value is -1.76. The van der Waals surface area contributed by atoms with E-state index in [1.807, 2.05) is 19.1 Å². The van der Waals surface area contributed by atoms with Gasteiger partial charge in [0.15, 0.2) is 0 Å². The SMILES string of the molecule is Cc1ccc(-c2cccc(C)c2C)cc1O. The number of rotatable bonds is 1. The van der Waals surface area contributed by atoms with Gasteiger partial charge in [-0.15, -0.1) is 0 Å². The zero-order valence-electron chi connectivity index (χ0n) is 9.91. The average molecular weight is 212 g/mol. The minimum absolute atomic E-state index is 0.360. The molecule has 1 nitrogen and oxygen atoms in total. The first-order valence-corrected chi connectivity index (χ1v) is 5.46. The van der Waals surface area contributed by atoms with Gasteiger partial charge in [-0.3, -0.25) is 0 Å². The minimum atomic E-state index is 0.360. The minimum Gasteiger partial charge on any atom is -0.508 e. The molecule has 0 aliphatic rings. The lowest BCUT2D eigenvalue weighted by molar-refractivity contribution is 0.471. The van der Waals surface area contributed by atoms with Crippen molar-refractivity contribution in [3.8, 4) is 16.9 Å². The fourth-order valence-corrected chi connectivity index (χ4v) is 1.84. The molecule has 82 valence electrons. The molecule has 2 rings (SSSR count). The molecule has 0 saturated carbocycles. The molecule has 16 heavy (non-hydrogen) atoms. The molecule has 0 spiro atoms. The van der Waals surface area contributed by atoms with Crippen LogP contribution >= 0.6 is 0 Å². The van der Waals surface area contributed by atoms with Crippen LogP contribution in [0.4, 0.5) is 0 Å². The van der Waals surface area contributed by atoms with Crippen molar-refractivity contribution in [2.24, 2.45) is 0 Å². The standard InChI is InChI=1S/C15H16O/c1-10-5-4-6-14(12(10)3)13-8-7-11(2)15(16)9-13/h4-9,16H,1-3H3. The molecule has 0 unspecified atom stereocenters. The summed E-state index contributed by atoms with van der Waals surface area (Å²) in [5.41, 5.74) is 5.72. The molecule has 0 aliphatic heterocycles. The number of aryl methyl sites for hydroxylation is 2. The molecule has 0 amide bonds. The van der Waals surface area contributed by atoms with Crippen molar-refractivity contribution in [3.05, 3.63) is 53.1 Å². The van der Waals surface area contributed by atoms with Gasteiger partial charge in [0, 0.05) is 0 Å².